The molecular formula is C22H18BrNO2S. The quantitative estimate of drug-likeness (QED) is 0.418. The fraction of sp³-hybridized carbons (Fsp3) is 0.0909. The zero-order chi connectivity index (χ0) is 19.0. The van der Waals surface area contributed by atoms with Crippen molar-refractivity contribution in [3.05, 3.63) is 100 Å². The van der Waals surface area contributed by atoms with Crippen LogP contribution >= 0.6 is 15.9 Å². The molecule has 0 bridgehead atoms. The molecule has 3 nitrogen and oxygen atoms in total. The predicted molar refractivity (Wildman–Crippen MR) is 113 cm³/mol. The molecule has 0 aliphatic rings. The van der Waals surface area contributed by atoms with Gasteiger partial charge in [0.1, 0.15) is 0 Å². The van der Waals surface area contributed by atoms with Crippen LogP contribution in [0.2, 0.25) is 0 Å². The van der Waals surface area contributed by atoms with Crippen molar-refractivity contribution in [2.45, 2.75) is 18.2 Å². The van der Waals surface area contributed by atoms with Crippen LogP contribution in [-0.4, -0.2) is 12.4 Å². The van der Waals surface area contributed by atoms with Gasteiger partial charge < -0.3 is 0 Å². The summed E-state index contributed by atoms with van der Waals surface area (Å²) in [4.78, 5) is 0.298. The van der Waals surface area contributed by atoms with E-state index in [1.54, 1.807) is 12.1 Å². The van der Waals surface area contributed by atoms with Crippen molar-refractivity contribution in [2.24, 2.45) is 0 Å². The summed E-state index contributed by atoms with van der Waals surface area (Å²) in [7, 11) is -3.69. The van der Waals surface area contributed by atoms with E-state index < -0.39 is 10.0 Å². The van der Waals surface area contributed by atoms with Gasteiger partial charge in [-0.3, -0.25) is 0 Å². The lowest BCUT2D eigenvalue weighted by Gasteiger charge is -2.12. The molecule has 5 heteroatoms. The molecule has 0 N–H and O–H groups in total. The third kappa shape index (κ3) is 3.45. The highest BCUT2D eigenvalue weighted by Gasteiger charge is 2.23. The Morgan fingerprint density at radius 2 is 1.56 bits per heavy atom. The Morgan fingerprint density at radius 1 is 0.889 bits per heavy atom. The Balaban J connectivity index is 1.90. The fourth-order valence-corrected chi connectivity index (χ4v) is 5.03. The molecule has 1 aromatic heterocycles. The van der Waals surface area contributed by atoms with Crippen LogP contribution in [0.15, 0.2) is 88.2 Å². The highest BCUT2D eigenvalue weighted by molar-refractivity contribution is 9.10. The molecule has 0 amide bonds. The zero-order valence-electron chi connectivity index (χ0n) is 14.8. The number of fused-ring (bicyclic) bond motifs is 1. The third-order valence-corrected chi connectivity index (χ3v) is 6.90. The second-order valence-corrected chi connectivity index (χ2v) is 9.28. The maximum absolute atomic E-state index is 13.4. The molecule has 0 aliphatic carbocycles. The first-order valence-corrected chi connectivity index (χ1v) is 10.8. The summed E-state index contributed by atoms with van der Waals surface area (Å²) in [5.41, 5.74) is 3.53. The van der Waals surface area contributed by atoms with E-state index in [1.807, 2.05) is 73.7 Å². The number of halogens is 1. The first-order valence-electron chi connectivity index (χ1n) is 8.61. The minimum absolute atomic E-state index is 0.298. The van der Waals surface area contributed by atoms with Crippen molar-refractivity contribution < 1.29 is 8.42 Å². The Kier molecular flexibility index (Phi) is 4.66. The number of rotatable bonds is 4. The van der Waals surface area contributed by atoms with Crippen LogP contribution < -0.4 is 0 Å². The van der Waals surface area contributed by atoms with Crippen LogP contribution in [0.4, 0.5) is 0 Å². The van der Waals surface area contributed by atoms with Gasteiger partial charge in [0.05, 0.1) is 10.4 Å². The average molecular weight is 440 g/mol. The molecule has 0 saturated heterocycles. The van der Waals surface area contributed by atoms with Gasteiger partial charge in [0, 0.05) is 22.0 Å². The first kappa shape index (κ1) is 18.0. The van der Waals surface area contributed by atoms with Gasteiger partial charge in [0.15, 0.2) is 0 Å². The summed E-state index contributed by atoms with van der Waals surface area (Å²) < 4.78 is 29.4. The molecule has 0 radical (unpaired) electrons. The summed E-state index contributed by atoms with van der Waals surface area (Å²) in [6.45, 7) is 1.94. The van der Waals surface area contributed by atoms with E-state index in [0.717, 1.165) is 26.7 Å². The van der Waals surface area contributed by atoms with Crippen LogP contribution in [0.25, 0.3) is 10.9 Å². The molecule has 1 heterocycles. The van der Waals surface area contributed by atoms with E-state index in [4.69, 9.17) is 0 Å². The van der Waals surface area contributed by atoms with Gasteiger partial charge in [0.25, 0.3) is 10.0 Å². The zero-order valence-corrected chi connectivity index (χ0v) is 17.2. The molecule has 0 fully saturated rings. The van der Waals surface area contributed by atoms with E-state index in [2.05, 4.69) is 15.9 Å². The lowest BCUT2D eigenvalue weighted by atomic mass is 10.1. The number of aryl methyl sites for hydroxylation is 1. The molecule has 4 aromatic rings. The van der Waals surface area contributed by atoms with Gasteiger partial charge in [-0.25, -0.2) is 12.4 Å². The van der Waals surface area contributed by atoms with Gasteiger partial charge in [0.2, 0.25) is 0 Å². The van der Waals surface area contributed by atoms with Gasteiger partial charge in [-0.15, -0.1) is 0 Å². The monoisotopic (exact) mass is 439 g/mol. The summed E-state index contributed by atoms with van der Waals surface area (Å²) in [6.07, 6.45) is 0.535. The van der Waals surface area contributed by atoms with Crippen molar-refractivity contribution in [3.8, 4) is 0 Å². The van der Waals surface area contributed by atoms with E-state index in [-0.39, 0.29) is 0 Å². The van der Waals surface area contributed by atoms with E-state index in [1.165, 1.54) is 3.97 Å². The van der Waals surface area contributed by atoms with Gasteiger partial charge in [-0.1, -0.05) is 64.0 Å². The molecular weight excluding hydrogens is 422 g/mol. The summed E-state index contributed by atoms with van der Waals surface area (Å²) >= 11 is 3.44. The number of para-hydroxylation sites is 1. The first-order chi connectivity index (χ1) is 12.9. The second kappa shape index (κ2) is 6.98. The lowest BCUT2D eigenvalue weighted by molar-refractivity contribution is 0.587. The minimum Gasteiger partial charge on any atom is -0.238 e. The van der Waals surface area contributed by atoms with Crippen molar-refractivity contribution in [1.82, 2.24) is 3.97 Å². The highest BCUT2D eigenvalue weighted by Crippen LogP contribution is 2.27. The van der Waals surface area contributed by atoms with Crippen LogP contribution in [-0.2, 0) is 16.4 Å². The van der Waals surface area contributed by atoms with Crippen molar-refractivity contribution in [1.29, 1.82) is 0 Å². The minimum atomic E-state index is -3.69. The normalized spacial score (nSPS) is 11.8. The molecule has 3 aromatic carbocycles. The standard InChI is InChI=1S/C22H18BrNO2S/c1-16-6-12-21(13-7-16)27(25,26)24-20(14-17-8-10-19(23)11-9-17)15-18-4-2-3-5-22(18)24/h2-13,15H,14H2,1H3. The smallest absolute Gasteiger partial charge is 0.238 e. The largest absolute Gasteiger partial charge is 0.268 e. The second-order valence-electron chi connectivity index (χ2n) is 6.58. The Labute approximate surface area is 167 Å². The van der Waals surface area contributed by atoms with Crippen molar-refractivity contribution in [2.75, 3.05) is 0 Å². The van der Waals surface area contributed by atoms with Gasteiger partial charge >= 0.3 is 0 Å². The molecule has 4 rings (SSSR count). The Bertz CT molecular complexity index is 1210. The molecule has 0 spiro atoms. The van der Waals surface area contributed by atoms with E-state index in [0.29, 0.717) is 16.8 Å². The molecule has 27 heavy (non-hydrogen) atoms. The van der Waals surface area contributed by atoms with Crippen LogP contribution in [0.1, 0.15) is 16.8 Å². The Hall–Kier alpha value is -2.37. The number of aromatic nitrogens is 1. The van der Waals surface area contributed by atoms with Crippen LogP contribution in [0.5, 0.6) is 0 Å². The number of hydrogen-bond donors (Lipinski definition) is 0. The third-order valence-electron chi connectivity index (χ3n) is 4.60. The number of nitrogens with zero attached hydrogens (tertiary/aromatic N) is 1. The number of benzene rings is 3. The lowest BCUT2D eigenvalue weighted by Crippen LogP contribution is -2.16. The summed E-state index contributed by atoms with van der Waals surface area (Å²) in [5.74, 6) is 0. The molecule has 0 unspecified atom stereocenters. The predicted octanol–water partition coefficient (Wildman–Crippen LogP) is 5.54. The van der Waals surface area contributed by atoms with E-state index in [9.17, 15) is 8.42 Å². The SMILES string of the molecule is Cc1ccc(S(=O)(=O)n2c(Cc3ccc(Br)cc3)cc3ccccc32)cc1. The molecule has 136 valence electrons. The molecule has 0 aliphatic heterocycles. The van der Waals surface area contributed by atoms with Crippen molar-refractivity contribution >= 4 is 36.9 Å². The average Bonchev–Trinajstić information content (AvgIpc) is 3.02. The van der Waals surface area contributed by atoms with Gasteiger partial charge in [-0.2, -0.15) is 0 Å². The molecule has 0 saturated carbocycles. The van der Waals surface area contributed by atoms with Gasteiger partial charge in [-0.05, 0) is 48.9 Å². The Morgan fingerprint density at radius 3 is 2.26 bits per heavy atom. The van der Waals surface area contributed by atoms with Crippen LogP contribution in [0, 0.1) is 6.92 Å². The molecule has 0 atom stereocenters. The maximum Gasteiger partial charge on any atom is 0.268 e. The highest BCUT2D eigenvalue weighted by atomic mass is 79.9. The van der Waals surface area contributed by atoms with Crippen LogP contribution in [0.3, 0.4) is 0 Å². The number of hydrogen-bond acceptors (Lipinski definition) is 2. The topological polar surface area (TPSA) is 39.1 Å². The van der Waals surface area contributed by atoms with E-state index >= 15 is 0 Å². The fourth-order valence-electron chi connectivity index (χ4n) is 3.22. The summed E-state index contributed by atoms with van der Waals surface area (Å²) in [6, 6.07) is 24.5. The van der Waals surface area contributed by atoms with Crippen molar-refractivity contribution in [3.63, 3.8) is 0 Å². The summed E-state index contributed by atoms with van der Waals surface area (Å²) in [5, 5.41) is 0.917. The maximum atomic E-state index is 13.4.